The molecule has 0 aromatic heterocycles. The third kappa shape index (κ3) is 5.54. The van der Waals surface area contributed by atoms with Crippen molar-refractivity contribution in [2.24, 2.45) is 0 Å². The summed E-state index contributed by atoms with van der Waals surface area (Å²) in [6, 6.07) is 16.6. The fourth-order valence-corrected chi connectivity index (χ4v) is 3.37. The molecule has 27 heavy (non-hydrogen) atoms. The van der Waals surface area contributed by atoms with Gasteiger partial charge in [-0.2, -0.15) is 0 Å². The van der Waals surface area contributed by atoms with Gasteiger partial charge in [0, 0.05) is 23.1 Å². The number of carbonyl (C=O) groups excluding carboxylic acids is 2. The molecule has 0 radical (unpaired) electrons. The largest absolute Gasteiger partial charge is 0.337 e. The summed E-state index contributed by atoms with van der Waals surface area (Å²) < 4.78 is 0.966. The Bertz CT molecular complexity index is 808. The van der Waals surface area contributed by atoms with Crippen molar-refractivity contribution >= 4 is 33.8 Å². The van der Waals surface area contributed by atoms with Crippen molar-refractivity contribution < 1.29 is 9.59 Å². The lowest BCUT2D eigenvalue weighted by Gasteiger charge is -2.22. The summed E-state index contributed by atoms with van der Waals surface area (Å²) in [4.78, 5) is 27.6. The lowest BCUT2D eigenvalue weighted by atomic mass is 10.1. The Morgan fingerprint density at radius 1 is 0.889 bits per heavy atom. The standard InChI is InChI=1S/C22H23BrN2O2/c23-19-12-10-17(11-13-19)16-20(22(27)25-14-6-1-2-7-15-25)24-21(26)18-8-4-3-5-9-18/h3-5,8-13,16H,1-2,6-7,14-15H2,(H,24,26)/b20-16+. The van der Waals surface area contributed by atoms with Crippen molar-refractivity contribution in [1.29, 1.82) is 0 Å². The van der Waals surface area contributed by atoms with Crippen molar-refractivity contribution in [2.75, 3.05) is 13.1 Å². The van der Waals surface area contributed by atoms with Gasteiger partial charge in [-0.05, 0) is 48.7 Å². The smallest absolute Gasteiger partial charge is 0.270 e. The van der Waals surface area contributed by atoms with Crippen molar-refractivity contribution in [1.82, 2.24) is 10.2 Å². The summed E-state index contributed by atoms with van der Waals surface area (Å²) in [7, 11) is 0. The van der Waals surface area contributed by atoms with Gasteiger partial charge in [-0.25, -0.2) is 0 Å². The summed E-state index contributed by atoms with van der Waals surface area (Å²) in [6.07, 6.45) is 6.05. The molecule has 0 unspecified atom stereocenters. The molecule has 0 atom stereocenters. The van der Waals surface area contributed by atoms with Crippen LogP contribution < -0.4 is 5.32 Å². The van der Waals surface area contributed by atoms with Gasteiger partial charge in [-0.1, -0.05) is 59.1 Å². The van der Waals surface area contributed by atoms with Gasteiger partial charge in [0.15, 0.2) is 0 Å². The molecule has 3 rings (SSSR count). The Hall–Kier alpha value is -2.40. The van der Waals surface area contributed by atoms with Crippen LogP contribution in [-0.4, -0.2) is 29.8 Å². The molecule has 2 amide bonds. The Balaban J connectivity index is 1.86. The molecule has 140 valence electrons. The predicted octanol–water partition coefficient (Wildman–Crippen LogP) is 4.62. The molecule has 0 bridgehead atoms. The van der Waals surface area contributed by atoms with Gasteiger partial charge in [-0.3, -0.25) is 9.59 Å². The summed E-state index contributed by atoms with van der Waals surface area (Å²) in [5.74, 6) is -0.397. The first kappa shape index (κ1) is 19.4. The number of rotatable bonds is 4. The van der Waals surface area contributed by atoms with Gasteiger partial charge < -0.3 is 10.2 Å². The first-order valence-corrected chi connectivity index (χ1v) is 10.1. The third-order valence-corrected chi connectivity index (χ3v) is 5.12. The zero-order chi connectivity index (χ0) is 19.1. The van der Waals surface area contributed by atoms with Gasteiger partial charge in [-0.15, -0.1) is 0 Å². The lowest BCUT2D eigenvalue weighted by Crippen LogP contribution is -2.39. The maximum absolute atomic E-state index is 13.1. The van der Waals surface area contributed by atoms with E-state index in [1.54, 1.807) is 18.2 Å². The molecule has 0 saturated carbocycles. The molecule has 0 spiro atoms. The van der Waals surface area contributed by atoms with Gasteiger partial charge in [0.1, 0.15) is 5.70 Å². The number of halogens is 1. The van der Waals surface area contributed by atoms with Crippen LogP contribution >= 0.6 is 15.9 Å². The molecular weight excluding hydrogens is 404 g/mol. The number of nitrogens with zero attached hydrogens (tertiary/aromatic N) is 1. The van der Waals surface area contributed by atoms with E-state index in [-0.39, 0.29) is 11.8 Å². The summed E-state index contributed by atoms with van der Waals surface area (Å²) in [5.41, 5.74) is 1.71. The third-order valence-electron chi connectivity index (χ3n) is 4.59. The molecule has 2 aromatic rings. The van der Waals surface area contributed by atoms with Gasteiger partial charge >= 0.3 is 0 Å². The van der Waals surface area contributed by atoms with Crippen molar-refractivity contribution in [3.05, 3.63) is 75.9 Å². The highest BCUT2D eigenvalue weighted by Gasteiger charge is 2.21. The molecule has 1 heterocycles. The monoisotopic (exact) mass is 426 g/mol. The fraction of sp³-hybridized carbons (Fsp3) is 0.273. The highest BCUT2D eigenvalue weighted by atomic mass is 79.9. The van der Waals surface area contributed by atoms with Crippen LogP contribution in [0.25, 0.3) is 6.08 Å². The van der Waals surface area contributed by atoms with Crippen LogP contribution in [0.5, 0.6) is 0 Å². The maximum Gasteiger partial charge on any atom is 0.270 e. The maximum atomic E-state index is 13.1. The number of benzene rings is 2. The lowest BCUT2D eigenvalue weighted by molar-refractivity contribution is -0.127. The minimum Gasteiger partial charge on any atom is -0.337 e. The summed E-state index contributed by atoms with van der Waals surface area (Å²) in [5, 5.41) is 2.83. The molecule has 1 aliphatic heterocycles. The average molecular weight is 427 g/mol. The topological polar surface area (TPSA) is 49.4 Å². The molecule has 2 aromatic carbocycles. The fourth-order valence-electron chi connectivity index (χ4n) is 3.11. The van der Waals surface area contributed by atoms with E-state index in [1.807, 2.05) is 47.4 Å². The molecular formula is C22H23BrN2O2. The SMILES string of the molecule is O=C(N/C(=C/c1ccc(Br)cc1)C(=O)N1CCCCCC1)c1ccccc1. The van der Waals surface area contributed by atoms with E-state index in [2.05, 4.69) is 21.2 Å². The van der Waals surface area contributed by atoms with Crippen molar-refractivity contribution in [2.45, 2.75) is 25.7 Å². The normalized spacial score (nSPS) is 15.1. The summed E-state index contributed by atoms with van der Waals surface area (Å²) in [6.45, 7) is 1.47. The molecule has 0 aliphatic carbocycles. The Labute approximate surface area is 168 Å². The van der Waals surface area contributed by atoms with Crippen LogP contribution in [0.3, 0.4) is 0 Å². The molecule has 1 saturated heterocycles. The van der Waals surface area contributed by atoms with Crippen molar-refractivity contribution in [3.63, 3.8) is 0 Å². The van der Waals surface area contributed by atoms with Gasteiger partial charge in [0.2, 0.25) is 0 Å². The highest BCUT2D eigenvalue weighted by Crippen LogP contribution is 2.16. The quantitative estimate of drug-likeness (QED) is 0.724. The van der Waals surface area contributed by atoms with E-state index < -0.39 is 0 Å². The second-order valence-corrected chi connectivity index (χ2v) is 7.55. The molecule has 1 aliphatic rings. The van der Waals surface area contributed by atoms with Crippen LogP contribution in [0.15, 0.2) is 64.8 Å². The predicted molar refractivity (Wildman–Crippen MR) is 111 cm³/mol. The van der Waals surface area contributed by atoms with Crippen LogP contribution in [0.1, 0.15) is 41.6 Å². The van der Waals surface area contributed by atoms with Crippen LogP contribution in [0.4, 0.5) is 0 Å². The average Bonchev–Trinajstić information content (AvgIpc) is 2.98. The first-order valence-electron chi connectivity index (χ1n) is 9.26. The Morgan fingerprint density at radius 2 is 1.52 bits per heavy atom. The van der Waals surface area contributed by atoms with Crippen LogP contribution in [-0.2, 0) is 4.79 Å². The number of carbonyl (C=O) groups is 2. The number of likely N-dealkylation sites (tertiary alicyclic amines) is 1. The number of hydrogen-bond acceptors (Lipinski definition) is 2. The highest BCUT2D eigenvalue weighted by molar-refractivity contribution is 9.10. The molecule has 5 heteroatoms. The number of hydrogen-bond donors (Lipinski definition) is 1. The van der Waals surface area contributed by atoms with E-state index >= 15 is 0 Å². The first-order chi connectivity index (χ1) is 13.1. The molecule has 4 nitrogen and oxygen atoms in total. The minimum atomic E-state index is -0.276. The summed E-state index contributed by atoms with van der Waals surface area (Å²) >= 11 is 3.42. The van der Waals surface area contributed by atoms with Crippen LogP contribution in [0, 0.1) is 0 Å². The zero-order valence-electron chi connectivity index (χ0n) is 15.2. The minimum absolute atomic E-state index is 0.121. The van der Waals surface area contributed by atoms with E-state index in [0.29, 0.717) is 11.3 Å². The Kier molecular flexibility index (Phi) is 6.82. The van der Waals surface area contributed by atoms with Crippen LogP contribution in [0.2, 0.25) is 0 Å². The van der Waals surface area contributed by atoms with E-state index in [4.69, 9.17) is 0 Å². The van der Waals surface area contributed by atoms with Gasteiger partial charge in [0.25, 0.3) is 11.8 Å². The zero-order valence-corrected chi connectivity index (χ0v) is 16.7. The number of amides is 2. The van der Waals surface area contributed by atoms with E-state index in [9.17, 15) is 9.59 Å². The van der Waals surface area contributed by atoms with E-state index in [0.717, 1.165) is 48.8 Å². The van der Waals surface area contributed by atoms with Crippen molar-refractivity contribution in [3.8, 4) is 0 Å². The molecule has 1 fully saturated rings. The second kappa shape index (κ2) is 9.51. The molecule has 1 N–H and O–H groups in total. The van der Waals surface area contributed by atoms with Gasteiger partial charge in [0.05, 0.1) is 0 Å². The number of nitrogens with one attached hydrogen (secondary N) is 1. The van der Waals surface area contributed by atoms with E-state index in [1.165, 1.54) is 0 Å². The Morgan fingerprint density at radius 3 is 2.15 bits per heavy atom. The second-order valence-electron chi connectivity index (χ2n) is 6.64.